The molecule has 1 saturated heterocycles. The molecule has 6 heteroatoms. The van der Waals surface area contributed by atoms with E-state index >= 15 is 0 Å². The van der Waals surface area contributed by atoms with Crippen molar-refractivity contribution in [3.05, 3.63) is 35.9 Å². The van der Waals surface area contributed by atoms with Gasteiger partial charge in [0.15, 0.2) is 5.96 Å². The van der Waals surface area contributed by atoms with E-state index in [9.17, 15) is 0 Å². The van der Waals surface area contributed by atoms with E-state index in [2.05, 4.69) is 50.9 Å². The molecule has 1 aromatic rings. The van der Waals surface area contributed by atoms with Crippen LogP contribution in [0.15, 0.2) is 35.3 Å². The van der Waals surface area contributed by atoms with Crippen molar-refractivity contribution in [1.82, 2.24) is 15.5 Å². The van der Waals surface area contributed by atoms with Crippen LogP contribution in [0.2, 0.25) is 0 Å². The predicted octanol–water partition coefficient (Wildman–Crippen LogP) is 3.42. The largest absolute Gasteiger partial charge is 0.382 e. The number of guanidine groups is 1. The molecule has 148 valence electrons. The Bertz CT molecular complexity index is 492. The zero-order valence-electron chi connectivity index (χ0n) is 16.2. The van der Waals surface area contributed by atoms with E-state index < -0.39 is 0 Å². The van der Waals surface area contributed by atoms with Crippen molar-refractivity contribution >= 4 is 29.9 Å². The predicted molar refractivity (Wildman–Crippen MR) is 120 cm³/mol. The van der Waals surface area contributed by atoms with Crippen molar-refractivity contribution in [2.45, 2.75) is 38.6 Å². The normalized spacial score (nSPS) is 16.2. The fourth-order valence-electron chi connectivity index (χ4n) is 3.28. The number of nitrogens with zero attached hydrogens (tertiary/aromatic N) is 2. The second-order valence-electron chi connectivity index (χ2n) is 6.45. The summed E-state index contributed by atoms with van der Waals surface area (Å²) < 4.78 is 5.37. The van der Waals surface area contributed by atoms with Gasteiger partial charge in [0.05, 0.1) is 6.04 Å². The zero-order chi connectivity index (χ0) is 17.7. The molecule has 0 amide bonds. The summed E-state index contributed by atoms with van der Waals surface area (Å²) in [5, 5.41) is 6.92. The number of unbranched alkanes of at least 4 members (excludes halogenated alkanes) is 1. The second kappa shape index (κ2) is 14.2. The minimum Gasteiger partial charge on any atom is -0.382 e. The van der Waals surface area contributed by atoms with Crippen LogP contribution in [0.4, 0.5) is 0 Å². The topological polar surface area (TPSA) is 48.9 Å². The van der Waals surface area contributed by atoms with Gasteiger partial charge in [-0.05, 0) is 51.3 Å². The number of nitrogens with one attached hydrogen (secondary N) is 2. The molecular formula is C20H35IN4O. The summed E-state index contributed by atoms with van der Waals surface area (Å²) in [6, 6.07) is 11.2. The number of benzene rings is 1. The van der Waals surface area contributed by atoms with Gasteiger partial charge in [0.25, 0.3) is 0 Å². The van der Waals surface area contributed by atoms with Gasteiger partial charge in [0.2, 0.25) is 0 Å². The van der Waals surface area contributed by atoms with Crippen molar-refractivity contribution in [1.29, 1.82) is 0 Å². The van der Waals surface area contributed by atoms with Crippen molar-refractivity contribution in [2.75, 3.05) is 46.4 Å². The van der Waals surface area contributed by atoms with E-state index in [1.54, 1.807) is 0 Å². The highest BCUT2D eigenvalue weighted by Gasteiger charge is 2.23. The minimum absolute atomic E-state index is 0. The second-order valence-corrected chi connectivity index (χ2v) is 6.45. The lowest BCUT2D eigenvalue weighted by Gasteiger charge is -2.29. The van der Waals surface area contributed by atoms with Gasteiger partial charge in [-0.3, -0.25) is 9.89 Å². The number of aliphatic imine (C=N–C) groups is 1. The number of rotatable bonds is 10. The molecule has 1 unspecified atom stereocenters. The number of likely N-dealkylation sites (tertiary alicyclic amines) is 1. The van der Waals surface area contributed by atoms with Crippen LogP contribution in [0.5, 0.6) is 0 Å². The fraction of sp³-hybridized carbons (Fsp3) is 0.650. The lowest BCUT2D eigenvalue weighted by atomic mass is 10.1. The number of hydrogen-bond acceptors (Lipinski definition) is 3. The van der Waals surface area contributed by atoms with Gasteiger partial charge in [-0.25, -0.2) is 0 Å². The zero-order valence-corrected chi connectivity index (χ0v) is 18.6. The standard InChI is InChI=1S/C20H34N4O.HI/c1-3-25-16-10-7-13-22-20(21-2)23-17-19(24-14-8-9-15-24)18-11-5-4-6-12-18;/h4-6,11-12,19H,3,7-10,13-17H2,1-2H3,(H2,21,22,23);1H. The van der Waals surface area contributed by atoms with E-state index in [0.29, 0.717) is 6.04 Å². The maximum Gasteiger partial charge on any atom is 0.191 e. The first-order valence-electron chi connectivity index (χ1n) is 9.66. The molecule has 0 saturated carbocycles. The lowest BCUT2D eigenvalue weighted by Crippen LogP contribution is -2.43. The van der Waals surface area contributed by atoms with E-state index in [4.69, 9.17) is 4.74 Å². The third-order valence-electron chi connectivity index (χ3n) is 4.66. The Morgan fingerprint density at radius 3 is 2.54 bits per heavy atom. The monoisotopic (exact) mass is 474 g/mol. The molecule has 1 atom stereocenters. The number of ether oxygens (including phenoxy) is 1. The quantitative estimate of drug-likeness (QED) is 0.236. The summed E-state index contributed by atoms with van der Waals surface area (Å²) in [5.74, 6) is 0.886. The molecule has 1 aromatic carbocycles. The third-order valence-corrected chi connectivity index (χ3v) is 4.66. The average Bonchev–Trinajstić information content (AvgIpc) is 3.18. The number of hydrogen-bond donors (Lipinski definition) is 2. The van der Waals surface area contributed by atoms with Gasteiger partial charge in [-0.1, -0.05) is 30.3 Å². The average molecular weight is 474 g/mol. The summed E-state index contributed by atoms with van der Waals surface area (Å²) in [6.45, 7) is 7.85. The Kier molecular flexibility index (Phi) is 12.7. The van der Waals surface area contributed by atoms with Gasteiger partial charge in [-0.2, -0.15) is 0 Å². The van der Waals surface area contributed by atoms with Crippen LogP contribution < -0.4 is 10.6 Å². The van der Waals surface area contributed by atoms with E-state index in [1.807, 2.05) is 14.0 Å². The van der Waals surface area contributed by atoms with Crippen LogP contribution in [0.25, 0.3) is 0 Å². The molecule has 0 radical (unpaired) electrons. The van der Waals surface area contributed by atoms with Crippen molar-refractivity contribution in [2.24, 2.45) is 4.99 Å². The first-order chi connectivity index (χ1) is 12.3. The molecule has 5 nitrogen and oxygen atoms in total. The van der Waals surface area contributed by atoms with Crippen LogP contribution in [0.3, 0.4) is 0 Å². The van der Waals surface area contributed by atoms with Crippen molar-refractivity contribution in [3.63, 3.8) is 0 Å². The fourth-order valence-corrected chi connectivity index (χ4v) is 3.28. The van der Waals surface area contributed by atoms with E-state index in [-0.39, 0.29) is 24.0 Å². The molecule has 0 spiro atoms. The Balaban J connectivity index is 0.00000338. The summed E-state index contributed by atoms with van der Waals surface area (Å²) in [6.07, 6.45) is 4.78. The highest BCUT2D eigenvalue weighted by atomic mass is 127. The van der Waals surface area contributed by atoms with Crippen LogP contribution in [-0.4, -0.2) is 57.3 Å². The van der Waals surface area contributed by atoms with Crippen LogP contribution in [-0.2, 0) is 4.74 Å². The molecule has 0 aromatic heterocycles. The summed E-state index contributed by atoms with van der Waals surface area (Å²) in [7, 11) is 1.84. The SMILES string of the molecule is CCOCCCCNC(=NC)NCC(c1ccccc1)N1CCCC1.I. The maximum atomic E-state index is 5.37. The minimum atomic E-state index is 0. The summed E-state index contributed by atoms with van der Waals surface area (Å²) in [4.78, 5) is 6.94. The molecular weight excluding hydrogens is 439 g/mol. The van der Waals surface area contributed by atoms with Crippen LogP contribution in [0.1, 0.15) is 44.2 Å². The highest BCUT2D eigenvalue weighted by Crippen LogP contribution is 2.24. The van der Waals surface area contributed by atoms with E-state index in [1.165, 1.54) is 31.5 Å². The van der Waals surface area contributed by atoms with Gasteiger partial charge in [0, 0.05) is 33.4 Å². The lowest BCUT2D eigenvalue weighted by molar-refractivity contribution is 0.143. The first-order valence-corrected chi connectivity index (χ1v) is 9.66. The molecule has 2 rings (SSSR count). The number of halogens is 1. The molecule has 1 aliphatic heterocycles. The van der Waals surface area contributed by atoms with Crippen molar-refractivity contribution in [3.8, 4) is 0 Å². The van der Waals surface area contributed by atoms with Crippen molar-refractivity contribution < 1.29 is 4.74 Å². The molecule has 2 N–H and O–H groups in total. The first kappa shape index (κ1) is 23.2. The molecule has 1 fully saturated rings. The maximum absolute atomic E-state index is 5.37. The molecule has 26 heavy (non-hydrogen) atoms. The van der Waals surface area contributed by atoms with Crippen LogP contribution >= 0.6 is 24.0 Å². The molecule has 0 aliphatic carbocycles. The van der Waals surface area contributed by atoms with Gasteiger partial charge < -0.3 is 15.4 Å². The smallest absolute Gasteiger partial charge is 0.191 e. The summed E-state index contributed by atoms with van der Waals surface area (Å²) >= 11 is 0. The molecule has 0 bridgehead atoms. The Hall–Kier alpha value is -0.860. The van der Waals surface area contributed by atoms with E-state index in [0.717, 1.165) is 45.1 Å². The third kappa shape index (κ3) is 8.22. The van der Waals surface area contributed by atoms with Gasteiger partial charge >= 0.3 is 0 Å². The Morgan fingerprint density at radius 1 is 1.15 bits per heavy atom. The van der Waals surface area contributed by atoms with Gasteiger partial charge in [-0.15, -0.1) is 24.0 Å². The van der Waals surface area contributed by atoms with Gasteiger partial charge in [0.1, 0.15) is 0 Å². The van der Waals surface area contributed by atoms with Crippen LogP contribution in [0, 0.1) is 0 Å². The summed E-state index contributed by atoms with van der Waals surface area (Å²) in [5.41, 5.74) is 1.38. The molecule has 1 heterocycles. The highest BCUT2D eigenvalue weighted by molar-refractivity contribution is 14.0. The Labute approximate surface area is 176 Å². The molecule has 1 aliphatic rings. The Morgan fingerprint density at radius 2 is 1.88 bits per heavy atom.